The van der Waals surface area contributed by atoms with Crippen LogP contribution in [-0.2, 0) is 14.3 Å². The second kappa shape index (κ2) is 4.89. The minimum absolute atomic E-state index is 0.0577. The topological polar surface area (TPSA) is 55.8 Å². The first-order chi connectivity index (χ1) is 9.76. The number of hydrogen-bond acceptors (Lipinski definition) is 4. The van der Waals surface area contributed by atoms with Crippen LogP contribution in [0.3, 0.4) is 0 Å². The summed E-state index contributed by atoms with van der Waals surface area (Å²) in [5, 5.41) is 0. The zero-order chi connectivity index (χ0) is 15.3. The molecule has 2 aliphatic heterocycles. The van der Waals surface area contributed by atoms with E-state index in [-0.39, 0.29) is 17.7 Å². The number of likely N-dealkylation sites (tertiary alicyclic amines) is 1. The van der Waals surface area contributed by atoms with Gasteiger partial charge < -0.3 is 14.4 Å². The first kappa shape index (κ1) is 14.7. The molecule has 0 aromatic carbocycles. The number of fused-ring (bicyclic) bond motifs is 1. The van der Waals surface area contributed by atoms with Gasteiger partial charge in [-0.3, -0.25) is 4.79 Å². The van der Waals surface area contributed by atoms with Crippen molar-refractivity contribution in [3.8, 4) is 0 Å². The van der Waals surface area contributed by atoms with E-state index in [1.807, 2.05) is 25.7 Å². The summed E-state index contributed by atoms with van der Waals surface area (Å²) in [6.45, 7) is 7.15. The van der Waals surface area contributed by atoms with E-state index in [1.165, 1.54) is 0 Å². The lowest BCUT2D eigenvalue weighted by atomic mass is 9.89. The Morgan fingerprint density at radius 2 is 2.05 bits per heavy atom. The second-order valence-corrected chi connectivity index (χ2v) is 7.80. The van der Waals surface area contributed by atoms with Gasteiger partial charge in [0.05, 0.1) is 0 Å². The Kier molecular flexibility index (Phi) is 3.41. The molecule has 0 radical (unpaired) electrons. The molecule has 0 bridgehead atoms. The zero-order valence-corrected chi connectivity index (χ0v) is 13.2. The minimum Gasteiger partial charge on any atom is -0.459 e. The molecule has 1 amide bonds. The highest BCUT2D eigenvalue weighted by Crippen LogP contribution is 2.50. The Bertz CT molecular complexity index is 456. The molecule has 3 rings (SSSR count). The maximum Gasteiger partial charge on any atom is 0.410 e. The van der Waals surface area contributed by atoms with E-state index >= 15 is 0 Å². The number of amides is 1. The highest BCUT2D eigenvalue weighted by atomic mass is 16.6. The third-order valence-electron chi connectivity index (χ3n) is 4.93. The molecule has 118 valence electrons. The maximum atomic E-state index is 12.2. The quantitative estimate of drug-likeness (QED) is 0.645. The molecule has 5 heteroatoms. The molecule has 3 fully saturated rings. The standard InChI is InChI=1S/C16H25NO4/c1-15(2,3)21-14(19)17-7-5-11-8-16(9-12(11)10-17)6-4-13(18)20-16/h11-12H,4-10H2,1-3H3/t11-,12-,16?/m0/s1. The average Bonchev–Trinajstić information content (AvgIpc) is 2.88. The lowest BCUT2D eigenvalue weighted by molar-refractivity contribution is -0.148. The first-order valence-electron chi connectivity index (χ1n) is 7.96. The van der Waals surface area contributed by atoms with Crippen molar-refractivity contribution in [3.05, 3.63) is 0 Å². The SMILES string of the molecule is CC(C)(C)OC(=O)N1CC[C@H]2CC3(CCC(=O)O3)C[C@H]2C1. The molecule has 1 aliphatic carbocycles. The van der Waals surface area contributed by atoms with Gasteiger partial charge in [-0.05, 0) is 58.3 Å². The van der Waals surface area contributed by atoms with Crippen LogP contribution in [0.25, 0.3) is 0 Å². The Morgan fingerprint density at radius 1 is 1.33 bits per heavy atom. The van der Waals surface area contributed by atoms with E-state index in [9.17, 15) is 9.59 Å². The summed E-state index contributed by atoms with van der Waals surface area (Å²) in [4.78, 5) is 25.4. The van der Waals surface area contributed by atoms with Crippen molar-refractivity contribution in [2.75, 3.05) is 13.1 Å². The van der Waals surface area contributed by atoms with Crippen LogP contribution in [0, 0.1) is 11.8 Å². The van der Waals surface area contributed by atoms with Crippen molar-refractivity contribution in [2.45, 2.75) is 64.1 Å². The van der Waals surface area contributed by atoms with Crippen molar-refractivity contribution in [1.29, 1.82) is 0 Å². The summed E-state index contributed by atoms with van der Waals surface area (Å²) in [5.74, 6) is 0.962. The van der Waals surface area contributed by atoms with E-state index in [1.54, 1.807) is 0 Å². The monoisotopic (exact) mass is 295 g/mol. The fourth-order valence-corrected chi connectivity index (χ4v) is 4.07. The molecule has 1 unspecified atom stereocenters. The lowest BCUT2D eigenvalue weighted by Crippen LogP contribution is -2.44. The van der Waals surface area contributed by atoms with E-state index < -0.39 is 5.60 Å². The summed E-state index contributed by atoms with van der Waals surface area (Å²) in [7, 11) is 0. The van der Waals surface area contributed by atoms with Crippen LogP contribution in [0.1, 0.15) is 52.9 Å². The lowest BCUT2D eigenvalue weighted by Gasteiger charge is -2.35. The van der Waals surface area contributed by atoms with E-state index in [0.717, 1.165) is 38.8 Å². The van der Waals surface area contributed by atoms with Crippen LogP contribution in [0.4, 0.5) is 4.79 Å². The van der Waals surface area contributed by atoms with E-state index in [4.69, 9.17) is 9.47 Å². The third kappa shape index (κ3) is 3.01. The molecule has 1 spiro atoms. The van der Waals surface area contributed by atoms with Gasteiger partial charge in [0, 0.05) is 19.5 Å². The highest BCUT2D eigenvalue weighted by Gasteiger charge is 2.52. The van der Waals surface area contributed by atoms with Crippen LogP contribution in [-0.4, -0.2) is 41.3 Å². The van der Waals surface area contributed by atoms with Gasteiger partial charge in [0.1, 0.15) is 11.2 Å². The fraction of sp³-hybridized carbons (Fsp3) is 0.875. The normalized spacial score (nSPS) is 35.8. The van der Waals surface area contributed by atoms with Gasteiger partial charge in [0.2, 0.25) is 0 Å². The van der Waals surface area contributed by atoms with Gasteiger partial charge >= 0.3 is 12.1 Å². The Labute approximate surface area is 126 Å². The van der Waals surface area contributed by atoms with Crippen LogP contribution < -0.4 is 0 Å². The summed E-state index contributed by atoms with van der Waals surface area (Å²) in [5.41, 5.74) is -0.678. The van der Waals surface area contributed by atoms with Crippen molar-refractivity contribution in [2.24, 2.45) is 11.8 Å². The third-order valence-corrected chi connectivity index (χ3v) is 4.93. The van der Waals surface area contributed by atoms with Gasteiger partial charge in [-0.2, -0.15) is 0 Å². The minimum atomic E-state index is -0.453. The zero-order valence-electron chi connectivity index (χ0n) is 13.2. The molecular weight excluding hydrogens is 270 g/mol. The fourth-order valence-electron chi connectivity index (χ4n) is 4.07. The molecule has 0 N–H and O–H groups in total. The van der Waals surface area contributed by atoms with Crippen molar-refractivity contribution in [3.63, 3.8) is 0 Å². The summed E-state index contributed by atoms with van der Waals surface area (Å²) in [6.07, 6.45) is 4.06. The molecule has 2 heterocycles. The largest absolute Gasteiger partial charge is 0.459 e. The Morgan fingerprint density at radius 3 is 2.67 bits per heavy atom. The summed E-state index contributed by atoms with van der Waals surface area (Å²) < 4.78 is 11.1. The number of piperidine rings is 1. The maximum absolute atomic E-state index is 12.2. The van der Waals surface area contributed by atoms with Gasteiger partial charge in [-0.1, -0.05) is 0 Å². The van der Waals surface area contributed by atoms with E-state index in [0.29, 0.717) is 18.3 Å². The highest BCUT2D eigenvalue weighted by molar-refractivity contribution is 5.72. The van der Waals surface area contributed by atoms with Gasteiger partial charge in [0.15, 0.2) is 0 Å². The summed E-state index contributed by atoms with van der Waals surface area (Å²) >= 11 is 0. The number of rotatable bonds is 0. The molecule has 1 saturated carbocycles. The van der Waals surface area contributed by atoms with Crippen molar-refractivity contribution >= 4 is 12.1 Å². The second-order valence-electron chi connectivity index (χ2n) is 7.80. The number of hydrogen-bond donors (Lipinski definition) is 0. The molecule has 21 heavy (non-hydrogen) atoms. The molecule has 0 aromatic heterocycles. The van der Waals surface area contributed by atoms with Crippen molar-refractivity contribution < 1.29 is 19.1 Å². The number of nitrogens with zero attached hydrogens (tertiary/aromatic N) is 1. The van der Waals surface area contributed by atoms with Gasteiger partial charge in [-0.25, -0.2) is 4.79 Å². The predicted molar refractivity (Wildman–Crippen MR) is 76.7 cm³/mol. The van der Waals surface area contributed by atoms with Crippen LogP contribution >= 0.6 is 0 Å². The number of esters is 1. The number of carbonyl (C=O) groups is 2. The summed E-state index contributed by atoms with van der Waals surface area (Å²) in [6, 6.07) is 0. The van der Waals surface area contributed by atoms with E-state index in [2.05, 4.69) is 0 Å². The number of carbonyl (C=O) groups excluding carboxylic acids is 2. The van der Waals surface area contributed by atoms with Gasteiger partial charge in [-0.15, -0.1) is 0 Å². The number of ether oxygens (including phenoxy) is 2. The van der Waals surface area contributed by atoms with Crippen LogP contribution in [0.5, 0.6) is 0 Å². The van der Waals surface area contributed by atoms with Crippen LogP contribution in [0.2, 0.25) is 0 Å². The molecule has 3 atom stereocenters. The Hall–Kier alpha value is -1.26. The van der Waals surface area contributed by atoms with Crippen molar-refractivity contribution in [1.82, 2.24) is 4.90 Å². The molecule has 5 nitrogen and oxygen atoms in total. The van der Waals surface area contributed by atoms with Gasteiger partial charge in [0.25, 0.3) is 0 Å². The average molecular weight is 295 g/mol. The Balaban J connectivity index is 1.61. The first-order valence-corrected chi connectivity index (χ1v) is 7.96. The smallest absolute Gasteiger partial charge is 0.410 e. The molecule has 3 aliphatic rings. The van der Waals surface area contributed by atoms with Crippen LogP contribution in [0.15, 0.2) is 0 Å². The molecule has 2 saturated heterocycles. The predicted octanol–water partition coefficient (Wildman–Crippen LogP) is 2.73. The molecular formula is C16H25NO4. The molecule has 0 aromatic rings.